The van der Waals surface area contributed by atoms with Gasteiger partial charge in [0.15, 0.2) is 0 Å². The quantitative estimate of drug-likeness (QED) is 0.554. The third-order valence-electron chi connectivity index (χ3n) is 5.32. The topological polar surface area (TPSA) is 101 Å². The predicted octanol–water partition coefficient (Wildman–Crippen LogP) is 3.62. The van der Waals surface area contributed by atoms with Gasteiger partial charge in [-0.2, -0.15) is 0 Å². The minimum Gasteiger partial charge on any atom is -0.496 e. The van der Waals surface area contributed by atoms with Crippen molar-refractivity contribution >= 4 is 34.4 Å². The number of aryl methyl sites for hydroxylation is 2. The zero-order chi connectivity index (χ0) is 22.2. The van der Waals surface area contributed by atoms with E-state index in [0.717, 1.165) is 16.5 Å². The van der Waals surface area contributed by atoms with Crippen LogP contribution in [-0.4, -0.2) is 40.4 Å². The first-order valence-electron chi connectivity index (χ1n) is 9.27. The van der Waals surface area contributed by atoms with Gasteiger partial charge in [-0.3, -0.25) is 4.79 Å². The average Bonchev–Trinajstić information content (AvgIpc) is 3.05. The molecule has 158 valence electrons. The zero-order valence-electron chi connectivity index (χ0n) is 17.1. The molecule has 0 aliphatic heterocycles. The van der Waals surface area contributed by atoms with E-state index in [9.17, 15) is 14.7 Å². The highest BCUT2D eigenvalue weighted by atomic mass is 35.5. The monoisotopic (exact) mass is 430 g/mol. The number of fused-ring (bicyclic) bond motifs is 1. The van der Waals surface area contributed by atoms with Crippen LogP contribution in [0.3, 0.4) is 0 Å². The standard InChI is InChI=1S/C22H23ClN2O5/c1-11-7-13(22(28)29)5-6-14(11)16(10-26)24-21(27)18-8-15-17(25(18)3)9-19(30-4)12(2)20(15)23/h5-9,16,26H,10H2,1-4H3,(H,24,27)(H,28,29)/t16-/m1/s1. The molecule has 8 heteroatoms. The van der Waals surface area contributed by atoms with Crippen molar-refractivity contribution in [3.05, 3.63) is 63.3 Å². The van der Waals surface area contributed by atoms with E-state index < -0.39 is 12.0 Å². The summed E-state index contributed by atoms with van der Waals surface area (Å²) in [6.45, 7) is 3.25. The Labute approximate surface area is 178 Å². The number of carbonyl (C=O) groups excluding carboxylic acids is 1. The normalized spacial score (nSPS) is 12.1. The number of carboxylic acids is 1. The van der Waals surface area contributed by atoms with Crippen LogP contribution in [0.25, 0.3) is 10.9 Å². The molecule has 1 heterocycles. The third kappa shape index (κ3) is 3.74. The number of aliphatic hydroxyl groups excluding tert-OH is 1. The summed E-state index contributed by atoms with van der Waals surface area (Å²) in [7, 11) is 3.31. The number of halogens is 1. The van der Waals surface area contributed by atoms with Crippen LogP contribution < -0.4 is 10.1 Å². The van der Waals surface area contributed by atoms with Crippen molar-refractivity contribution in [2.45, 2.75) is 19.9 Å². The number of aromatic carboxylic acids is 1. The number of aliphatic hydroxyl groups is 1. The zero-order valence-corrected chi connectivity index (χ0v) is 17.9. The summed E-state index contributed by atoms with van der Waals surface area (Å²) in [6, 6.07) is 7.40. The molecule has 1 atom stereocenters. The second-order valence-corrected chi connectivity index (χ2v) is 7.50. The maximum absolute atomic E-state index is 13.0. The summed E-state index contributed by atoms with van der Waals surface area (Å²) in [5.41, 5.74) is 3.35. The number of carboxylic acid groups (broad SMARTS) is 1. The molecule has 0 bridgehead atoms. The average molecular weight is 431 g/mol. The van der Waals surface area contributed by atoms with E-state index in [4.69, 9.17) is 21.4 Å². The van der Waals surface area contributed by atoms with Crippen molar-refractivity contribution in [3.63, 3.8) is 0 Å². The van der Waals surface area contributed by atoms with Crippen molar-refractivity contribution in [1.82, 2.24) is 9.88 Å². The Morgan fingerprint density at radius 2 is 1.93 bits per heavy atom. The molecule has 0 saturated carbocycles. The molecule has 0 spiro atoms. The predicted molar refractivity (Wildman–Crippen MR) is 115 cm³/mol. The molecule has 1 amide bonds. The van der Waals surface area contributed by atoms with Crippen LogP contribution in [0.2, 0.25) is 5.02 Å². The molecule has 3 rings (SSSR count). The second kappa shape index (κ2) is 8.38. The maximum atomic E-state index is 13.0. The van der Waals surface area contributed by atoms with E-state index in [-0.39, 0.29) is 18.1 Å². The van der Waals surface area contributed by atoms with Crippen LogP contribution >= 0.6 is 11.6 Å². The highest BCUT2D eigenvalue weighted by Gasteiger charge is 2.22. The molecular formula is C22H23ClN2O5. The molecule has 0 fully saturated rings. The molecule has 3 N–H and O–H groups in total. The molecule has 0 saturated heterocycles. The van der Waals surface area contributed by atoms with Crippen LogP contribution in [0.15, 0.2) is 30.3 Å². The number of aromatic nitrogens is 1. The molecule has 30 heavy (non-hydrogen) atoms. The van der Waals surface area contributed by atoms with Gasteiger partial charge in [0.25, 0.3) is 5.91 Å². The van der Waals surface area contributed by atoms with Crippen LogP contribution in [-0.2, 0) is 7.05 Å². The third-order valence-corrected chi connectivity index (χ3v) is 5.80. The van der Waals surface area contributed by atoms with E-state index in [0.29, 0.717) is 27.6 Å². The lowest BCUT2D eigenvalue weighted by Crippen LogP contribution is -2.32. The summed E-state index contributed by atoms with van der Waals surface area (Å²) in [4.78, 5) is 24.1. The van der Waals surface area contributed by atoms with E-state index in [2.05, 4.69) is 5.32 Å². The summed E-state index contributed by atoms with van der Waals surface area (Å²) >= 11 is 6.48. The Morgan fingerprint density at radius 3 is 2.50 bits per heavy atom. The summed E-state index contributed by atoms with van der Waals surface area (Å²) in [5.74, 6) is -0.794. The van der Waals surface area contributed by atoms with Gasteiger partial charge in [0.05, 0.1) is 35.9 Å². The molecule has 0 aliphatic rings. The van der Waals surface area contributed by atoms with Gasteiger partial charge in [-0.25, -0.2) is 4.79 Å². The van der Waals surface area contributed by atoms with Gasteiger partial charge in [-0.1, -0.05) is 17.7 Å². The van der Waals surface area contributed by atoms with Crippen molar-refractivity contribution in [2.75, 3.05) is 13.7 Å². The molecule has 0 unspecified atom stereocenters. The van der Waals surface area contributed by atoms with Gasteiger partial charge in [-0.05, 0) is 43.2 Å². The van der Waals surface area contributed by atoms with E-state index in [1.54, 1.807) is 37.8 Å². The number of ether oxygens (including phenoxy) is 1. The molecular weight excluding hydrogens is 408 g/mol. The lowest BCUT2D eigenvalue weighted by molar-refractivity contribution is 0.0696. The number of nitrogens with one attached hydrogen (secondary N) is 1. The maximum Gasteiger partial charge on any atom is 0.335 e. The summed E-state index contributed by atoms with van der Waals surface area (Å²) in [5, 5.41) is 23.0. The number of carbonyl (C=O) groups is 2. The molecule has 0 aliphatic carbocycles. The van der Waals surface area contributed by atoms with Gasteiger partial charge in [0.1, 0.15) is 11.4 Å². The SMILES string of the molecule is COc1cc2c(cc(C(=O)N[C@H](CO)c3ccc(C(=O)O)cc3C)n2C)c(Cl)c1C. The minimum atomic E-state index is -1.03. The molecule has 7 nitrogen and oxygen atoms in total. The Balaban J connectivity index is 1.96. The molecule has 1 aromatic heterocycles. The van der Waals surface area contributed by atoms with E-state index >= 15 is 0 Å². The van der Waals surface area contributed by atoms with Crippen LogP contribution in [0, 0.1) is 13.8 Å². The lowest BCUT2D eigenvalue weighted by atomic mass is 9.99. The number of nitrogens with zero attached hydrogens (tertiary/aromatic N) is 1. The Hall–Kier alpha value is -3.03. The van der Waals surface area contributed by atoms with Gasteiger partial charge in [0.2, 0.25) is 0 Å². The first kappa shape index (κ1) is 21.7. The van der Waals surface area contributed by atoms with Gasteiger partial charge >= 0.3 is 5.97 Å². The van der Waals surface area contributed by atoms with Crippen LogP contribution in [0.5, 0.6) is 5.75 Å². The van der Waals surface area contributed by atoms with Crippen LogP contribution in [0.4, 0.5) is 0 Å². The molecule has 0 radical (unpaired) electrons. The molecule has 2 aromatic carbocycles. The number of benzene rings is 2. The summed E-state index contributed by atoms with van der Waals surface area (Å²) in [6.07, 6.45) is 0. The van der Waals surface area contributed by atoms with Gasteiger partial charge in [-0.15, -0.1) is 0 Å². The Kier molecular flexibility index (Phi) is 6.05. The van der Waals surface area contributed by atoms with Crippen LogP contribution in [0.1, 0.15) is 43.6 Å². The number of amides is 1. The minimum absolute atomic E-state index is 0.145. The van der Waals surface area contributed by atoms with Gasteiger partial charge in [0, 0.05) is 24.1 Å². The first-order valence-corrected chi connectivity index (χ1v) is 9.65. The fraction of sp³-hybridized carbons (Fsp3) is 0.273. The Morgan fingerprint density at radius 1 is 1.23 bits per heavy atom. The van der Waals surface area contributed by atoms with Crippen molar-refractivity contribution < 1.29 is 24.5 Å². The summed E-state index contributed by atoms with van der Waals surface area (Å²) < 4.78 is 7.08. The number of hydrogen-bond acceptors (Lipinski definition) is 4. The number of hydrogen-bond donors (Lipinski definition) is 3. The number of rotatable bonds is 6. The van der Waals surface area contributed by atoms with Crippen molar-refractivity contribution in [1.29, 1.82) is 0 Å². The lowest BCUT2D eigenvalue weighted by Gasteiger charge is -2.19. The number of methoxy groups -OCH3 is 1. The highest BCUT2D eigenvalue weighted by molar-refractivity contribution is 6.36. The van der Waals surface area contributed by atoms with E-state index in [1.165, 1.54) is 12.1 Å². The first-order chi connectivity index (χ1) is 14.2. The fourth-order valence-electron chi connectivity index (χ4n) is 3.59. The van der Waals surface area contributed by atoms with E-state index in [1.807, 2.05) is 13.0 Å². The highest BCUT2D eigenvalue weighted by Crippen LogP contribution is 2.35. The van der Waals surface area contributed by atoms with Gasteiger partial charge < -0.3 is 24.8 Å². The van der Waals surface area contributed by atoms with Crippen molar-refractivity contribution in [3.8, 4) is 5.75 Å². The smallest absolute Gasteiger partial charge is 0.335 e. The largest absolute Gasteiger partial charge is 0.496 e. The van der Waals surface area contributed by atoms with Crippen molar-refractivity contribution in [2.24, 2.45) is 7.05 Å². The molecule has 3 aromatic rings. The fourth-order valence-corrected chi connectivity index (χ4v) is 3.84. The Bertz CT molecular complexity index is 1150. The second-order valence-electron chi connectivity index (χ2n) is 7.12.